The largest absolute Gasteiger partial charge is 0.493 e. The smallest absolute Gasteiger partial charge is 0.261 e. The molecule has 0 fully saturated rings. The van der Waals surface area contributed by atoms with Gasteiger partial charge >= 0.3 is 0 Å². The molecule has 1 heterocycles. The molecule has 0 aliphatic carbocycles. The summed E-state index contributed by atoms with van der Waals surface area (Å²) >= 11 is 0. The zero-order valence-corrected chi connectivity index (χ0v) is 16.4. The predicted octanol–water partition coefficient (Wildman–Crippen LogP) is 3.74. The lowest BCUT2D eigenvalue weighted by molar-refractivity contribution is 0.0924. The first-order valence-electron chi connectivity index (χ1n) is 9.23. The minimum Gasteiger partial charge on any atom is -0.493 e. The second-order valence-electron chi connectivity index (χ2n) is 6.70. The van der Waals surface area contributed by atoms with E-state index >= 15 is 0 Å². The second-order valence-corrected chi connectivity index (χ2v) is 8.38. The standard InChI is InChI=1S/C22H20N2O4S/c25-22(23-20-14-15-28-21-9-5-4-8-19(20)21)16-10-12-18(13-11-16)29(26,27)24-17-6-2-1-3-7-17/h1-13,20,24H,14-15H2,(H,23,25)/t20-/m1/s1. The van der Waals surface area contributed by atoms with Crippen LogP contribution in [0.1, 0.15) is 28.4 Å². The molecule has 3 aromatic rings. The maximum atomic E-state index is 12.7. The fourth-order valence-corrected chi connectivity index (χ4v) is 4.30. The third-order valence-electron chi connectivity index (χ3n) is 4.72. The summed E-state index contributed by atoms with van der Waals surface area (Å²) in [5.41, 5.74) is 1.82. The molecule has 1 atom stereocenters. The van der Waals surface area contributed by atoms with Crippen molar-refractivity contribution in [3.63, 3.8) is 0 Å². The normalized spacial score (nSPS) is 15.7. The minimum atomic E-state index is -3.72. The first-order valence-corrected chi connectivity index (χ1v) is 10.7. The Morgan fingerprint density at radius 1 is 0.897 bits per heavy atom. The van der Waals surface area contributed by atoms with Crippen LogP contribution in [0.25, 0.3) is 0 Å². The van der Waals surface area contributed by atoms with E-state index in [1.807, 2.05) is 30.3 Å². The number of nitrogens with one attached hydrogen (secondary N) is 2. The Morgan fingerprint density at radius 3 is 2.34 bits per heavy atom. The highest BCUT2D eigenvalue weighted by molar-refractivity contribution is 7.92. The lowest BCUT2D eigenvalue weighted by atomic mass is 10.00. The van der Waals surface area contributed by atoms with E-state index in [9.17, 15) is 13.2 Å². The number of hydrogen-bond acceptors (Lipinski definition) is 4. The Morgan fingerprint density at radius 2 is 1.59 bits per heavy atom. The molecule has 0 radical (unpaired) electrons. The van der Waals surface area contributed by atoms with Gasteiger partial charge in [-0.1, -0.05) is 36.4 Å². The number of ether oxygens (including phenoxy) is 1. The lowest BCUT2D eigenvalue weighted by Crippen LogP contribution is -2.32. The van der Waals surface area contributed by atoms with Crippen molar-refractivity contribution in [3.8, 4) is 5.75 Å². The number of carbonyl (C=O) groups is 1. The molecule has 3 aromatic carbocycles. The fourth-order valence-electron chi connectivity index (χ4n) is 3.24. The van der Waals surface area contributed by atoms with Gasteiger partial charge in [-0.15, -0.1) is 0 Å². The molecule has 7 heteroatoms. The van der Waals surface area contributed by atoms with E-state index in [4.69, 9.17) is 4.74 Å². The van der Waals surface area contributed by atoms with E-state index in [2.05, 4.69) is 10.0 Å². The summed E-state index contributed by atoms with van der Waals surface area (Å²) in [6.45, 7) is 0.532. The van der Waals surface area contributed by atoms with Crippen molar-refractivity contribution in [2.75, 3.05) is 11.3 Å². The van der Waals surface area contributed by atoms with Gasteiger partial charge in [-0.05, 0) is 42.5 Å². The first-order chi connectivity index (χ1) is 14.0. The summed E-state index contributed by atoms with van der Waals surface area (Å²) in [5, 5.41) is 3.01. The van der Waals surface area contributed by atoms with Crippen LogP contribution in [0.15, 0.2) is 83.8 Å². The number of amides is 1. The number of rotatable bonds is 5. The molecule has 0 unspecified atom stereocenters. The van der Waals surface area contributed by atoms with E-state index in [0.717, 1.165) is 11.3 Å². The molecule has 0 bridgehead atoms. The molecular formula is C22H20N2O4S. The number of fused-ring (bicyclic) bond motifs is 1. The number of benzene rings is 3. The first kappa shape index (κ1) is 19.0. The molecule has 0 saturated heterocycles. The maximum Gasteiger partial charge on any atom is 0.261 e. The maximum absolute atomic E-state index is 12.7. The third-order valence-corrected chi connectivity index (χ3v) is 6.11. The third kappa shape index (κ3) is 4.25. The molecule has 4 rings (SSSR count). The Kier molecular flexibility index (Phi) is 5.22. The van der Waals surface area contributed by atoms with Gasteiger partial charge in [0.2, 0.25) is 0 Å². The summed E-state index contributed by atoms with van der Waals surface area (Å²) in [7, 11) is -3.72. The molecular weight excluding hydrogens is 388 g/mol. The van der Waals surface area contributed by atoms with E-state index in [1.54, 1.807) is 24.3 Å². The average Bonchev–Trinajstić information content (AvgIpc) is 2.74. The van der Waals surface area contributed by atoms with Gasteiger partial charge in [-0.3, -0.25) is 9.52 Å². The summed E-state index contributed by atoms with van der Waals surface area (Å²) in [4.78, 5) is 12.7. The van der Waals surface area contributed by atoms with Crippen molar-refractivity contribution in [3.05, 3.63) is 90.0 Å². The molecule has 0 spiro atoms. The SMILES string of the molecule is O=C(N[C@@H]1CCOc2ccccc21)c1ccc(S(=O)(=O)Nc2ccccc2)cc1. The minimum absolute atomic E-state index is 0.0920. The molecule has 0 aromatic heterocycles. The van der Waals surface area contributed by atoms with Gasteiger partial charge in [0, 0.05) is 23.2 Å². The highest BCUT2D eigenvalue weighted by Gasteiger charge is 2.23. The zero-order chi connectivity index (χ0) is 20.3. The van der Waals surface area contributed by atoms with E-state index < -0.39 is 10.0 Å². The Labute approximate surface area is 169 Å². The molecule has 0 saturated carbocycles. The second kappa shape index (κ2) is 7.97. The average molecular weight is 408 g/mol. The van der Waals surface area contributed by atoms with Gasteiger partial charge in [0.1, 0.15) is 5.75 Å². The van der Waals surface area contributed by atoms with Crippen molar-refractivity contribution in [1.29, 1.82) is 0 Å². The van der Waals surface area contributed by atoms with Gasteiger partial charge in [-0.2, -0.15) is 0 Å². The van der Waals surface area contributed by atoms with Crippen molar-refractivity contribution in [1.82, 2.24) is 5.32 Å². The van der Waals surface area contributed by atoms with Crippen molar-refractivity contribution < 1.29 is 17.9 Å². The fraction of sp³-hybridized carbons (Fsp3) is 0.136. The van der Waals surface area contributed by atoms with Gasteiger partial charge in [0.05, 0.1) is 17.5 Å². The van der Waals surface area contributed by atoms with Crippen LogP contribution in [-0.2, 0) is 10.0 Å². The lowest BCUT2D eigenvalue weighted by Gasteiger charge is -2.26. The Bertz CT molecular complexity index is 1110. The van der Waals surface area contributed by atoms with E-state index in [0.29, 0.717) is 24.3 Å². The number of hydrogen-bond donors (Lipinski definition) is 2. The van der Waals surface area contributed by atoms with Crippen LogP contribution in [0.4, 0.5) is 5.69 Å². The number of para-hydroxylation sites is 2. The quantitative estimate of drug-likeness (QED) is 0.674. The molecule has 1 aliphatic heterocycles. The summed E-state index contributed by atoms with van der Waals surface area (Å²) < 4.78 is 33.2. The van der Waals surface area contributed by atoms with Crippen LogP contribution < -0.4 is 14.8 Å². The summed E-state index contributed by atoms with van der Waals surface area (Å²) in [5.74, 6) is 0.518. The van der Waals surface area contributed by atoms with Crippen molar-refractivity contribution >= 4 is 21.6 Å². The highest BCUT2D eigenvalue weighted by atomic mass is 32.2. The molecule has 29 heavy (non-hydrogen) atoms. The van der Waals surface area contributed by atoms with Crippen LogP contribution in [0.5, 0.6) is 5.75 Å². The summed E-state index contributed by atoms with van der Waals surface area (Å²) in [6.07, 6.45) is 0.677. The zero-order valence-electron chi connectivity index (χ0n) is 15.5. The van der Waals surface area contributed by atoms with Crippen LogP contribution in [0, 0.1) is 0 Å². The number of carbonyl (C=O) groups excluding carboxylic acids is 1. The van der Waals surface area contributed by atoms with Gasteiger partial charge < -0.3 is 10.1 Å². The predicted molar refractivity (Wildman–Crippen MR) is 110 cm³/mol. The van der Waals surface area contributed by atoms with Crippen molar-refractivity contribution in [2.45, 2.75) is 17.4 Å². The molecule has 1 aliphatic rings. The Hall–Kier alpha value is -3.32. The van der Waals surface area contributed by atoms with E-state index in [1.165, 1.54) is 24.3 Å². The van der Waals surface area contributed by atoms with Gasteiger partial charge in [-0.25, -0.2) is 8.42 Å². The Balaban J connectivity index is 1.47. The summed E-state index contributed by atoms with van der Waals surface area (Å²) in [6, 6.07) is 22.0. The van der Waals surface area contributed by atoms with Crippen molar-refractivity contribution in [2.24, 2.45) is 0 Å². The molecule has 1 amide bonds. The van der Waals surface area contributed by atoms with Crippen LogP contribution in [0.2, 0.25) is 0 Å². The monoisotopic (exact) mass is 408 g/mol. The molecule has 148 valence electrons. The van der Waals surface area contributed by atoms with Gasteiger partial charge in [0.15, 0.2) is 0 Å². The van der Waals surface area contributed by atoms with Gasteiger partial charge in [0.25, 0.3) is 15.9 Å². The number of sulfonamides is 1. The highest BCUT2D eigenvalue weighted by Crippen LogP contribution is 2.31. The van der Waals surface area contributed by atoms with Crippen LogP contribution in [0.3, 0.4) is 0 Å². The molecule has 6 nitrogen and oxygen atoms in total. The topological polar surface area (TPSA) is 84.5 Å². The van der Waals surface area contributed by atoms with E-state index in [-0.39, 0.29) is 16.8 Å². The van der Waals surface area contributed by atoms with Crippen LogP contribution >= 0.6 is 0 Å². The molecule has 2 N–H and O–H groups in total. The van der Waals surface area contributed by atoms with Crippen LogP contribution in [-0.4, -0.2) is 20.9 Å². The number of anilines is 1.